The van der Waals surface area contributed by atoms with Gasteiger partial charge in [-0.1, -0.05) is 6.07 Å². The number of H-pyrrole nitrogens is 1. The number of ether oxygens (including phenoxy) is 1. The Morgan fingerprint density at radius 2 is 2.03 bits per heavy atom. The van der Waals surface area contributed by atoms with Crippen LogP contribution in [0.25, 0.3) is 0 Å². The number of carboxylic acids is 1. The number of carboxylic acid groups (broad SMARTS) is 1. The normalized spacial score (nSPS) is 20.4. The van der Waals surface area contributed by atoms with E-state index in [1.165, 1.54) is 0 Å². The zero-order valence-electron chi connectivity index (χ0n) is 17.1. The molecule has 2 aromatic heterocycles. The fraction of sp³-hybridized carbons (Fsp3) is 0.429. The van der Waals surface area contributed by atoms with Crippen molar-refractivity contribution < 1.29 is 24.2 Å². The summed E-state index contributed by atoms with van der Waals surface area (Å²) in [6, 6.07) is 7.14. The second-order valence-corrected chi connectivity index (χ2v) is 7.02. The van der Waals surface area contributed by atoms with Gasteiger partial charge in [0, 0.05) is 38.5 Å². The van der Waals surface area contributed by atoms with Crippen LogP contribution in [0.1, 0.15) is 42.2 Å². The van der Waals surface area contributed by atoms with Gasteiger partial charge >= 0.3 is 0 Å². The van der Waals surface area contributed by atoms with Crippen LogP contribution in [-0.2, 0) is 20.9 Å². The van der Waals surface area contributed by atoms with E-state index >= 15 is 0 Å². The minimum Gasteiger partial charge on any atom is -0.481 e. The highest BCUT2D eigenvalue weighted by atomic mass is 16.5. The van der Waals surface area contributed by atoms with E-state index in [2.05, 4.69) is 20.6 Å². The van der Waals surface area contributed by atoms with E-state index in [4.69, 9.17) is 14.6 Å². The van der Waals surface area contributed by atoms with Crippen molar-refractivity contribution in [1.82, 2.24) is 20.6 Å². The predicted octanol–water partition coefficient (Wildman–Crippen LogP) is 1.73. The molecule has 1 aliphatic carbocycles. The van der Waals surface area contributed by atoms with Crippen molar-refractivity contribution in [2.45, 2.75) is 44.9 Å². The van der Waals surface area contributed by atoms with Crippen LogP contribution in [0.2, 0.25) is 0 Å². The number of aliphatic carboxylic acids is 1. The predicted molar refractivity (Wildman–Crippen MR) is 110 cm³/mol. The van der Waals surface area contributed by atoms with Gasteiger partial charge in [0.05, 0.1) is 29.9 Å². The first-order chi connectivity index (χ1) is 14.4. The zero-order valence-corrected chi connectivity index (χ0v) is 17.1. The lowest BCUT2D eigenvalue weighted by Gasteiger charge is -2.35. The molecule has 30 heavy (non-hydrogen) atoms. The highest BCUT2D eigenvalue weighted by Crippen LogP contribution is 2.27. The molecule has 2 aromatic rings. The van der Waals surface area contributed by atoms with Gasteiger partial charge in [0.25, 0.3) is 11.9 Å². The van der Waals surface area contributed by atoms with E-state index in [0.717, 1.165) is 25.5 Å². The third-order valence-electron chi connectivity index (χ3n) is 4.81. The van der Waals surface area contributed by atoms with Crippen LogP contribution < -0.4 is 10.6 Å². The van der Waals surface area contributed by atoms with Gasteiger partial charge in [-0.25, -0.2) is 0 Å². The van der Waals surface area contributed by atoms with Gasteiger partial charge in [0.1, 0.15) is 0 Å². The van der Waals surface area contributed by atoms with E-state index in [1.54, 1.807) is 31.8 Å². The lowest BCUT2D eigenvalue weighted by Crippen LogP contribution is -2.50. The quantitative estimate of drug-likeness (QED) is 0.567. The third kappa shape index (κ3) is 7.32. The number of pyridine rings is 1. The maximum absolute atomic E-state index is 12.5. The second kappa shape index (κ2) is 11.7. The van der Waals surface area contributed by atoms with Crippen molar-refractivity contribution >= 4 is 17.8 Å². The fourth-order valence-electron chi connectivity index (χ4n) is 3.36. The Labute approximate surface area is 175 Å². The molecule has 4 N–H and O–H groups in total. The molecule has 3 rings (SSSR count). The Bertz CT molecular complexity index is 806. The molecule has 0 spiro atoms. The summed E-state index contributed by atoms with van der Waals surface area (Å²) in [6.07, 6.45) is 7.01. The summed E-state index contributed by atoms with van der Waals surface area (Å²) in [5.74, 6) is -1.15. The number of hydrogen-bond acceptors (Lipinski definition) is 5. The van der Waals surface area contributed by atoms with Gasteiger partial charge in [-0.15, -0.1) is 0 Å². The summed E-state index contributed by atoms with van der Waals surface area (Å²) < 4.78 is 5.52. The maximum atomic E-state index is 12.5. The molecule has 0 saturated heterocycles. The molecule has 162 valence electrons. The molecular weight excluding hydrogens is 388 g/mol. The van der Waals surface area contributed by atoms with Crippen molar-refractivity contribution in [3.8, 4) is 0 Å². The van der Waals surface area contributed by atoms with E-state index < -0.39 is 5.97 Å². The molecule has 0 aliphatic heterocycles. The largest absolute Gasteiger partial charge is 0.481 e. The number of aromatic amines is 1. The number of methoxy groups -OCH3 is 1. The monoisotopic (exact) mass is 416 g/mol. The van der Waals surface area contributed by atoms with E-state index in [0.29, 0.717) is 18.5 Å². The Kier molecular flexibility index (Phi) is 9.02. The molecule has 9 nitrogen and oxygen atoms in total. The smallest absolute Gasteiger partial charge is 0.300 e. The SMILES string of the molecule is CC(=O)O.CO[C@@H]1CC[C@H](C(=O)NCc2ccccn2)C[C@H]1NC(=O)c1cc[nH]c1. The maximum Gasteiger partial charge on any atom is 0.300 e. The van der Waals surface area contributed by atoms with Crippen LogP contribution >= 0.6 is 0 Å². The molecule has 0 radical (unpaired) electrons. The molecule has 1 aliphatic rings. The number of carbonyl (C=O) groups is 3. The first-order valence-electron chi connectivity index (χ1n) is 9.74. The summed E-state index contributed by atoms with van der Waals surface area (Å²) in [6.45, 7) is 1.49. The van der Waals surface area contributed by atoms with Crippen LogP contribution in [0.4, 0.5) is 0 Å². The average Bonchev–Trinajstić information content (AvgIpc) is 3.27. The van der Waals surface area contributed by atoms with Crippen LogP contribution in [-0.4, -0.2) is 52.1 Å². The van der Waals surface area contributed by atoms with Crippen molar-refractivity contribution in [3.63, 3.8) is 0 Å². The number of rotatable bonds is 6. The minimum absolute atomic E-state index is 0.00824. The molecular formula is C21H28N4O5. The van der Waals surface area contributed by atoms with Gasteiger partial charge in [-0.05, 0) is 37.5 Å². The van der Waals surface area contributed by atoms with Gasteiger partial charge in [0.15, 0.2) is 0 Å². The number of hydrogen-bond donors (Lipinski definition) is 4. The number of amides is 2. The Hall–Kier alpha value is -3.20. The zero-order chi connectivity index (χ0) is 21.9. The van der Waals surface area contributed by atoms with Crippen molar-refractivity contribution in [1.29, 1.82) is 0 Å². The fourth-order valence-corrected chi connectivity index (χ4v) is 3.36. The summed E-state index contributed by atoms with van der Waals surface area (Å²) in [5.41, 5.74) is 1.39. The Morgan fingerprint density at radius 3 is 2.63 bits per heavy atom. The lowest BCUT2D eigenvalue weighted by atomic mass is 9.83. The Balaban J connectivity index is 0.000000735. The molecule has 0 aromatic carbocycles. The van der Waals surface area contributed by atoms with Crippen molar-refractivity contribution in [2.24, 2.45) is 5.92 Å². The topological polar surface area (TPSA) is 133 Å². The molecule has 3 atom stereocenters. The van der Waals surface area contributed by atoms with E-state index in [1.807, 2.05) is 18.2 Å². The molecule has 1 saturated carbocycles. The second-order valence-electron chi connectivity index (χ2n) is 7.02. The van der Waals surface area contributed by atoms with E-state index in [-0.39, 0.29) is 29.9 Å². The summed E-state index contributed by atoms with van der Waals surface area (Å²) in [5, 5.41) is 13.4. The van der Waals surface area contributed by atoms with Crippen molar-refractivity contribution in [2.75, 3.05) is 7.11 Å². The standard InChI is InChI=1S/C19H24N4O3.C2H4O2/c1-26-17-6-5-13(18(24)22-12-15-4-2-3-8-21-15)10-16(17)23-19(25)14-7-9-20-11-14;1-2(3)4/h2-4,7-9,11,13,16-17,20H,5-6,10,12H2,1H3,(H,22,24)(H,23,25);1H3,(H,3,4)/t13-,16+,17+;/m0./s1. The molecule has 1 fully saturated rings. The molecule has 2 heterocycles. The minimum atomic E-state index is -0.833. The van der Waals surface area contributed by atoms with Crippen LogP contribution in [0.15, 0.2) is 42.9 Å². The summed E-state index contributed by atoms with van der Waals surface area (Å²) in [4.78, 5) is 40.9. The van der Waals surface area contributed by atoms with Gasteiger partial charge < -0.3 is 25.5 Å². The highest BCUT2D eigenvalue weighted by molar-refractivity contribution is 5.94. The summed E-state index contributed by atoms with van der Waals surface area (Å²) in [7, 11) is 1.64. The average molecular weight is 416 g/mol. The number of aromatic nitrogens is 2. The molecule has 0 unspecified atom stereocenters. The van der Waals surface area contributed by atoms with Crippen LogP contribution in [0.5, 0.6) is 0 Å². The van der Waals surface area contributed by atoms with Gasteiger partial charge in [-0.3, -0.25) is 19.4 Å². The molecule has 9 heteroatoms. The van der Waals surface area contributed by atoms with Crippen LogP contribution in [0.3, 0.4) is 0 Å². The number of carbonyl (C=O) groups excluding carboxylic acids is 2. The first-order valence-corrected chi connectivity index (χ1v) is 9.74. The highest BCUT2D eigenvalue weighted by Gasteiger charge is 2.35. The summed E-state index contributed by atoms with van der Waals surface area (Å²) >= 11 is 0. The number of nitrogens with one attached hydrogen (secondary N) is 3. The third-order valence-corrected chi connectivity index (χ3v) is 4.81. The molecule has 2 amide bonds. The van der Waals surface area contributed by atoms with Crippen molar-refractivity contribution in [3.05, 3.63) is 54.1 Å². The lowest BCUT2D eigenvalue weighted by molar-refractivity contribution is -0.134. The van der Waals surface area contributed by atoms with E-state index in [9.17, 15) is 9.59 Å². The van der Waals surface area contributed by atoms with Crippen LogP contribution in [0, 0.1) is 5.92 Å². The molecule has 0 bridgehead atoms. The number of nitrogens with zero attached hydrogens (tertiary/aromatic N) is 1. The first kappa shape index (κ1) is 23.1. The van der Waals surface area contributed by atoms with Gasteiger partial charge in [-0.2, -0.15) is 0 Å². The Morgan fingerprint density at radius 1 is 1.27 bits per heavy atom. The van der Waals surface area contributed by atoms with Gasteiger partial charge in [0.2, 0.25) is 5.91 Å².